The second-order valence-corrected chi connectivity index (χ2v) is 8.51. The Balaban J connectivity index is 1.58. The molecule has 4 heterocycles. The number of rotatable bonds is 4. The molecule has 0 aliphatic carbocycles. The fourth-order valence-corrected chi connectivity index (χ4v) is 4.34. The first-order chi connectivity index (χ1) is 15.9. The maximum absolute atomic E-state index is 15.4. The number of hydrazone groups is 1. The first-order valence-electron chi connectivity index (χ1n) is 10.9. The van der Waals surface area contributed by atoms with Crippen LogP contribution >= 0.6 is 0 Å². The van der Waals surface area contributed by atoms with E-state index in [-0.39, 0.29) is 17.0 Å². The lowest BCUT2D eigenvalue weighted by molar-refractivity contribution is 0.0953. The van der Waals surface area contributed by atoms with E-state index >= 15 is 4.39 Å². The van der Waals surface area contributed by atoms with Gasteiger partial charge >= 0.3 is 0 Å². The van der Waals surface area contributed by atoms with Gasteiger partial charge in [-0.05, 0) is 26.1 Å². The summed E-state index contributed by atoms with van der Waals surface area (Å²) in [6, 6.07) is 2.88. The number of amides is 1. The summed E-state index contributed by atoms with van der Waals surface area (Å²) in [7, 11) is 2.03. The van der Waals surface area contributed by atoms with Gasteiger partial charge in [-0.3, -0.25) is 9.59 Å². The number of nitrogens with zero attached hydrogens (tertiary/aromatic N) is 4. The number of carbonyl (C=O) groups excluding carboxylic acids is 1. The fraction of sp³-hybridized carbons (Fsp3) is 0.348. The van der Waals surface area contributed by atoms with Gasteiger partial charge in [0.25, 0.3) is 5.91 Å². The van der Waals surface area contributed by atoms with Gasteiger partial charge in [-0.15, -0.1) is 0 Å². The van der Waals surface area contributed by atoms with Crippen molar-refractivity contribution in [3.63, 3.8) is 0 Å². The topological polar surface area (TPSA) is 95.0 Å². The van der Waals surface area contributed by atoms with Crippen LogP contribution in [0.3, 0.4) is 0 Å². The minimum absolute atomic E-state index is 0.0971. The molecule has 10 heteroatoms. The normalized spacial score (nSPS) is 18.6. The number of nitrogens with one attached hydrogen (secondary N) is 2. The number of aromatic amines is 1. The van der Waals surface area contributed by atoms with Crippen LogP contribution in [0.5, 0.6) is 5.75 Å². The molecule has 1 fully saturated rings. The highest BCUT2D eigenvalue weighted by atomic mass is 19.1. The third kappa shape index (κ3) is 3.76. The quantitative estimate of drug-likeness (QED) is 0.466. The first-order valence-corrected chi connectivity index (χ1v) is 10.9. The Morgan fingerprint density at radius 2 is 2.12 bits per heavy atom. The van der Waals surface area contributed by atoms with Gasteiger partial charge in [-0.1, -0.05) is 0 Å². The number of H-pyrrole nitrogens is 1. The summed E-state index contributed by atoms with van der Waals surface area (Å²) >= 11 is 0. The van der Waals surface area contributed by atoms with E-state index in [0.29, 0.717) is 36.6 Å². The average Bonchev–Trinajstić information content (AvgIpc) is 3.31. The highest BCUT2D eigenvalue weighted by molar-refractivity contribution is 6.00. The predicted octanol–water partition coefficient (Wildman–Crippen LogP) is 1.94. The van der Waals surface area contributed by atoms with Crippen LogP contribution in [0.4, 0.5) is 10.1 Å². The van der Waals surface area contributed by atoms with E-state index in [1.807, 2.05) is 23.4 Å². The summed E-state index contributed by atoms with van der Waals surface area (Å²) in [6.45, 7) is 5.17. The molecule has 2 aliphatic rings. The van der Waals surface area contributed by atoms with Gasteiger partial charge in [0, 0.05) is 50.3 Å². The number of ether oxygens (including phenoxy) is 1. The zero-order valence-electron chi connectivity index (χ0n) is 18.5. The Morgan fingerprint density at radius 1 is 1.33 bits per heavy atom. The SMILES string of the molecule is CC1COc2c(N3CCN(C)CC3)c(F)cc3c(=O)c(C(=O)N/N=C/c4cc[nH]c4)cn1c23. The molecule has 0 spiro atoms. The Bertz CT molecular complexity index is 1290. The highest BCUT2D eigenvalue weighted by Crippen LogP contribution is 2.42. The lowest BCUT2D eigenvalue weighted by Crippen LogP contribution is -2.45. The largest absolute Gasteiger partial charge is 0.487 e. The van der Waals surface area contributed by atoms with Crippen molar-refractivity contribution in [2.45, 2.75) is 13.0 Å². The molecule has 1 unspecified atom stereocenters. The van der Waals surface area contributed by atoms with E-state index in [4.69, 9.17) is 4.74 Å². The van der Waals surface area contributed by atoms with Crippen molar-refractivity contribution in [1.82, 2.24) is 19.9 Å². The molecule has 0 radical (unpaired) electrons. The van der Waals surface area contributed by atoms with E-state index in [1.54, 1.807) is 18.5 Å². The summed E-state index contributed by atoms with van der Waals surface area (Å²) in [6.07, 6.45) is 6.44. The maximum Gasteiger partial charge on any atom is 0.276 e. The molecule has 1 saturated heterocycles. The number of carbonyl (C=O) groups is 1. The van der Waals surface area contributed by atoms with Crippen molar-refractivity contribution in [3.8, 4) is 5.75 Å². The summed E-state index contributed by atoms with van der Waals surface area (Å²) in [5.41, 5.74) is 3.40. The van der Waals surface area contributed by atoms with E-state index in [0.717, 1.165) is 18.7 Å². The molecule has 0 saturated carbocycles. The molecule has 9 nitrogen and oxygen atoms in total. The van der Waals surface area contributed by atoms with Crippen LogP contribution in [0.2, 0.25) is 0 Å². The van der Waals surface area contributed by atoms with Crippen molar-refractivity contribution in [3.05, 3.63) is 57.9 Å². The van der Waals surface area contributed by atoms with Crippen molar-refractivity contribution < 1.29 is 13.9 Å². The third-order valence-electron chi connectivity index (χ3n) is 6.21. The molecule has 3 aromatic rings. The molecule has 5 rings (SSSR count). The molecule has 1 aromatic carbocycles. The number of halogens is 1. The molecule has 1 atom stereocenters. The lowest BCUT2D eigenvalue weighted by atomic mass is 10.0. The molecular formula is C23H25FN6O3. The predicted molar refractivity (Wildman–Crippen MR) is 124 cm³/mol. The lowest BCUT2D eigenvalue weighted by Gasteiger charge is -2.37. The Labute approximate surface area is 189 Å². The Morgan fingerprint density at radius 3 is 2.85 bits per heavy atom. The van der Waals surface area contributed by atoms with E-state index < -0.39 is 17.2 Å². The Hall–Kier alpha value is -3.66. The van der Waals surface area contributed by atoms with Gasteiger partial charge in [0.2, 0.25) is 5.43 Å². The summed E-state index contributed by atoms with van der Waals surface area (Å²) in [5.74, 6) is -0.813. The van der Waals surface area contributed by atoms with Crippen LogP contribution in [0.25, 0.3) is 10.9 Å². The standard InChI is InChI=1S/C23H25FN6O3/c1-14-13-33-22-19-16(9-18(24)20(22)29-7-5-28(2)6-8-29)21(31)17(12-30(14)19)23(32)27-26-11-15-3-4-25-10-15/h3-4,9-12,14,25H,5-8,13H2,1-2H3,(H,27,32)/b26-11+. The average molecular weight is 452 g/mol. The van der Waals surface area contributed by atoms with Crippen LogP contribution in [-0.2, 0) is 0 Å². The zero-order valence-corrected chi connectivity index (χ0v) is 18.5. The summed E-state index contributed by atoms with van der Waals surface area (Å²) in [5, 5.41) is 4.03. The fourth-order valence-electron chi connectivity index (χ4n) is 4.34. The number of hydrogen-bond donors (Lipinski definition) is 2. The smallest absolute Gasteiger partial charge is 0.276 e. The maximum atomic E-state index is 15.4. The van der Waals surface area contributed by atoms with E-state index in [9.17, 15) is 9.59 Å². The number of hydrogen-bond acceptors (Lipinski definition) is 6. The zero-order chi connectivity index (χ0) is 23.1. The van der Waals surface area contributed by atoms with Gasteiger partial charge in [0.05, 0.1) is 23.2 Å². The minimum atomic E-state index is -0.652. The molecule has 2 aromatic heterocycles. The van der Waals surface area contributed by atoms with Crippen LogP contribution in [0, 0.1) is 5.82 Å². The molecular weight excluding hydrogens is 427 g/mol. The van der Waals surface area contributed by atoms with E-state index in [2.05, 4.69) is 20.4 Å². The second kappa shape index (κ2) is 8.36. The highest BCUT2D eigenvalue weighted by Gasteiger charge is 2.31. The molecule has 0 bridgehead atoms. The minimum Gasteiger partial charge on any atom is -0.487 e. The number of likely N-dealkylation sites (N-methyl/N-ethyl adjacent to an activating group) is 1. The van der Waals surface area contributed by atoms with Gasteiger partial charge in [-0.25, -0.2) is 9.82 Å². The van der Waals surface area contributed by atoms with Crippen molar-refractivity contribution in [1.29, 1.82) is 0 Å². The Kier molecular flexibility index (Phi) is 5.37. The number of anilines is 1. The summed E-state index contributed by atoms with van der Waals surface area (Å²) < 4.78 is 23.2. The van der Waals surface area contributed by atoms with Crippen LogP contribution < -0.4 is 20.5 Å². The van der Waals surface area contributed by atoms with Gasteiger partial charge in [0.15, 0.2) is 11.6 Å². The van der Waals surface area contributed by atoms with Crippen molar-refractivity contribution in [2.75, 3.05) is 44.7 Å². The first kappa shape index (κ1) is 21.2. The van der Waals surface area contributed by atoms with Crippen LogP contribution in [0.15, 0.2) is 40.6 Å². The second-order valence-electron chi connectivity index (χ2n) is 8.51. The number of pyridine rings is 1. The van der Waals surface area contributed by atoms with Crippen molar-refractivity contribution in [2.24, 2.45) is 5.10 Å². The van der Waals surface area contributed by atoms with Gasteiger partial charge in [0.1, 0.15) is 17.9 Å². The number of piperazine rings is 1. The monoisotopic (exact) mass is 452 g/mol. The van der Waals surface area contributed by atoms with Crippen molar-refractivity contribution >= 4 is 28.7 Å². The molecule has 172 valence electrons. The molecule has 2 N–H and O–H groups in total. The van der Waals surface area contributed by atoms with Crippen LogP contribution in [-0.4, -0.2) is 66.4 Å². The molecule has 33 heavy (non-hydrogen) atoms. The number of aromatic nitrogens is 2. The van der Waals surface area contributed by atoms with Crippen LogP contribution in [0.1, 0.15) is 28.9 Å². The van der Waals surface area contributed by atoms with Gasteiger partial charge in [-0.2, -0.15) is 5.10 Å². The third-order valence-corrected chi connectivity index (χ3v) is 6.21. The number of benzene rings is 1. The summed E-state index contributed by atoms with van der Waals surface area (Å²) in [4.78, 5) is 33.0. The van der Waals surface area contributed by atoms with Gasteiger partial charge < -0.3 is 24.1 Å². The molecule has 2 aliphatic heterocycles. The molecule has 1 amide bonds. The van der Waals surface area contributed by atoms with E-state index in [1.165, 1.54) is 18.5 Å².